The highest BCUT2D eigenvalue weighted by Gasteiger charge is 2.19. The molecule has 0 fully saturated rings. The zero-order valence-electron chi connectivity index (χ0n) is 9.85. The lowest BCUT2D eigenvalue weighted by atomic mass is 9.97. The van der Waals surface area contributed by atoms with Gasteiger partial charge < -0.3 is 5.32 Å². The van der Waals surface area contributed by atoms with E-state index in [9.17, 15) is 9.18 Å². The summed E-state index contributed by atoms with van der Waals surface area (Å²) < 4.78 is 13.4. The zero-order valence-corrected chi connectivity index (χ0v) is 12.2. The van der Waals surface area contributed by atoms with Crippen molar-refractivity contribution in [2.45, 2.75) is 20.8 Å². The molecule has 1 aromatic rings. The van der Waals surface area contributed by atoms with E-state index in [4.69, 9.17) is 11.6 Å². The summed E-state index contributed by atoms with van der Waals surface area (Å²) in [7, 11) is 0. The van der Waals surface area contributed by atoms with Crippen LogP contribution in [-0.2, 0) is 4.79 Å². The van der Waals surface area contributed by atoms with Gasteiger partial charge in [0, 0.05) is 10.4 Å². The number of hydrogen-bond acceptors (Lipinski definition) is 1. The minimum atomic E-state index is -0.447. The lowest BCUT2D eigenvalue weighted by Crippen LogP contribution is -2.24. The summed E-state index contributed by atoms with van der Waals surface area (Å²) in [6.07, 6.45) is 0. The first-order valence-corrected chi connectivity index (χ1v) is 6.45. The van der Waals surface area contributed by atoms with Crippen LogP contribution in [0.1, 0.15) is 20.8 Å². The first-order chi connectivity index (χ1) is 7.82. The van der Waals surface area contributed by atoms with Gasteiger partial charge in [-0.25, -0.2) is 4.39 Å². The van der Waals surface area contributed by atoms with Gasteiger partial charge in [0.25, 0.3) is 0 Å². The third-order valence-corrected chi connectivity index (χ3v) is 3.59. The molecule has 1 unspecified atom stereocenters. The molecule has 0 saturated carbocycles. The summed E-state index contributed by atoms with van der Waals surface area (Å²) in [6.45, 7) is 5.77. The molecule has 1 rings (SSSR count). The number of carbonyl (C=O) groups is 1. The largest absolute Gasteiger partial charge is 0.324 e. The average Bonchev–Trinajstić information content (AvgIpc) is 2.21. The molecule has 17 heavy (non-hydrogen) atoms. The lowest BCUT2D eigenvalue weighted by Gasteiger charge is -2.16. The van der Waals surface area contributed by atoms with Crippen molar-refractivity contribution in [3.63, 3.8) is 0 Å². The van der Waals surface area contributed by atoms with Crippen molar-refractivity contribution in [1.82, 2.24) is 0 Å². The van der Waals surface area contributed by atoms with Crippen LogP contribution in [0.4, 0.5) is 10.1 Å². The van der Waals surface area contributed by atoms with Gasteiger partial charge in [-0.2, -0.15) is 0 Å². The van der Waals surface area contributed by atoms with E-state index in [1.54, 1.807) is 0 Å². The molecule has 0 aliphatic heterocycles. The van der Waals surface area contributed by atoms with Crippen molar-refractivity contribution in [1.29, 1.82) is 0 Å². The molecule has 1 amide bonds. The number of amides is 1. The first-order valence-electron chi connectivity index (χ1n) is 5.28. The molecule has 1 N–H and O–H groups in total. The van der Waals surface area contributed by atoms with Gasteiger partial charge in [0.05, 0.1) is 10.7 Å². The molecule has 5 heteroatoms. The Balaban J connectivity index is 2.93. The quantitative estimate of drug-likeness (QED) is 0.874. The molecule has 0 spiro atoms. The van der Waals surface area contributed by atoms with E-state index in [2.05, 4.69) is 21.2 Å². The summed E-state index contributed by atoms with van der Waals surface area (Å²) >= 11 is 9.05. The van der Waals surface area contributed by atoms with Gasteiger partial charge in [-0.3, -0.25) is 4.79 Å². The van der Waals surface area contributed by atoms with E-state index in [0.717, 1.165) is 0 Å². The molecule has 0 aliphatic rings. The van der Waals surface area contributed by atoms with Crippen molar-refractivity contribution in [3.8, 4) is 0 Å². The van der Waals surface area contributed by atoms with Crippen LogP contribution in [0.2, 0.25) is 5.02 Å². The van der Waals surface area contributed by atoms with Gasteiger partial charge >= 0.3 is 0 Å². The Kier molecular flexibility index (Phi) is 4.95. The first kappa shape index (κ1) is 14.5. The molecule has 1 aromatic carbocycles. The fourth-order valence-electron chi connectivity index (χ4n) is 1.20. The van der Waals surface area contributed by atoms with Gasteiger partial charge in [-0.15, -0.1) is 0 Å². The fourth-order valence-corrected chi connectivity index (χ4v) is 2.10. The maximum atomic E-state index is 13.0. The molecule has 0 bridgehead atoms. The molecular weight excluding hydrogens is 308 g/mol. The third-order valence-electron chi connectivity index (χ3n) is 2.67. The highest BCUT2D eigenvalue weighted by atomic mass is 79.9. The van der Waals surface area contributed by atoms with Crippen molar-refractivity contribution in [2.24, 2.45) is 11.8 Å². The van der Waals surface area contributed by atoms with Crippen molar-refractivity contribution in [3.05, 3.63) is 27.4 Å². The monoisotopic (exact) mass is 321 g/mol. The lowest BCUT2D eigenvalue weighted by molar-refractivity contribution is -0.120. The number of hydrogen-bond donors (Lipinski definition) is 1. The maximum absolute atomic E-state index is 13.0. The second kappa shape index (κ2) is 5.83. The molecule has 0 aliphatic carbocycles. The molecule has 0 aromatic heterocycles. The van der Waals surface area contributed by atoms with Crippen LogP contribution >= 0.6 is 27.5 Å². The fraction of sp³-hybridized carbons (Fsp3) is 0.417. The van der Waals surface area contributed by atoms with Crippen LogP contribution in [0.5, 0.6) is 0 Å². The van der Waals surface area contributed by atoms with E-state index < -0.39 is 5.82 Å². The van der Waals surface area contributed by atoms with Gasteiger partial charge in [-0.1, -0.05) is 32.4 Å². The smallest absolute Gasteiger partial charge is 0.227 e. The predicted molar refractivity (Wildman–Crippen MR) is 71.7 cm³/mol. The Hall–Kier alpha value is -0.610. The topological polar surface area (TPSA) is 29.1 Å². The second-order valence-electron chi connectivity index (χ2n) is 4.27. The van der Waals surface area contributed by atoms with E-state index in [-0.39, 0.29) is 22.8 Å². The predicted octanol–water partition coefficient (Wildman–Crippen LogP) is 4.47. The normalized spacial score (nSPS) is 12.6. The van der Waals surface area contributed by atoms with Crippen LogP contribution in [0.15, 0.2) is 16.6 Å². The van der Waals surface area contributed by atoms with E-state index in [0.29, 0.717) is 10.2 Å². The molecule has 94 valence electrons. The van der Waals surface area contributed by atoms with E-state index in [1.807, 2.05) is 20.8 Å². The molecule has 2 nitrogen and oxygen atoms in total. The Morgan fingerprint density at radius 1 is 1.41 bits per heavy atom. The van der Waals surface area contributed by atoms with E-state index in [1.165, 1.54) is 12.1 Å². The minimum absolute atomic E-state index is 0.130. The van der Waals surface area contributed by atoms with Crippen LogP contribution in [0.25, 0.3) is 0 Å². The second-order valence-corrected chi connectivity index (χ2v) is 5.53. The van der Waals surface area contributed by atoms with Gasteiger partial charge in [0.1, 0.15) is 5.82 Å². The van der Waals surface area contributed by atoms with Crippen LogP contribution in [0.3, 0.4) is 0 Å². The van der Waals surface area contributed by atoms with Crippen molar-refractivity contribution in [2.75, 3.05) is 5.32 Å². The number of anilines is 1. The maximum Gasteiger partial charge on any atom is 0.227 e. The number of rotatable bonds is 3. The summed E-state index contributed by atoms with van der Waals surface area (Å²) in [5.74, 6) is -0.484. The molecule has 1 atom stereocenters. The highest BCUT2D eigenvalue weighted by molar-refractivity contribution is 9.10. The minimum Gasteiger partial charge on any atom is -0.324 e. The summed E-state index contributed by atoms with van der Waals surface area (Å²) in [6, 6.07) is 2.43. The van der Waals surface area contributed by atoms with E-state index >= 15 is 0 Å². The summed E-state index contributed by atoms with van der Waals surface area (Å²) in [5, 5.41) is 2.88. The number of carbonyl (C=O) groups excluding carboxylic acids is 1. The van der Waals surface area contributed by atoms with Gasteiger partial charge in [0.15, 0.2) is 0 Å². The summed E-state index contributed by atoms with van der Waals surface area (Å²) in [4.78, 5) is 11.9. The zero-order chi connectivity index (χ0) is 13.2. The Labute approximate surface area is 114 Å². The summed E-state index contributed by atoms with van der Waals surface area (Å²) in [5.41, 5.74) is 0.408. The molecule has 0 saturated heterocycles. The highest BCUT2D eigenvalue weighted by Crippen LogP contribution is 2.32. The van der Waals surface area contributed by atoms with Crippen molar-refractivity contribution >= 4 is 39.1 Å². The number of halogens is 3. The molecule has 0 heterocycles. The number of benzene rings is 1. The average molecular weight is 323 g/mol. The Morgan fingerprint density at radius 2 is 2.00 bits per heavy atom. The van der Waals surface area contributed by atoms with Crippen LogP contribution in [-0.4, -0.2) is 5.91 Å². The third kappa shape index (κ3) is 3.68. The van der Waals surface area contributed by atoms with Gasteiger partial charge in [-0.05, 0) is 34.0 Å². The Bertz CT molecular complexity index is 414. The SMILES string of the molecule is CC(C)C(C)C(=O)Nc1c(Cl)cc(F)cc1Br. The number of nitrogens with one attached hydrogen (secondary N) is 1. The molecule has 0 radical (unpaired) electrons. The van der Waals surface area contributed by atoms with Crippen molar-refractivity contribution < 1.29 is 9.18 Å². The van der Waals surface area contributed by atoms with Crippen LogP contribution < -0.4 is 5.32 Å². The standard InChI is InChI=1S/C12H14BrClFNO/c1-6(2)7(3)12(17)16-11-9(13)4-8(15)5-10(11)14/h4-7H,1-3H3,(H,16,17). The van der Waals surface area contributed by atoms with Crippen LogP contribution in [0, 0.1) is 17.7 Å². The molecular formula is C12H14BrClFNO. The Morgan fingerprint density at radius 3 is 2.47 bits per heavy atom. The van der Waals surface area contributed by atoms with Gasteiger partial charge in [0.2, 0.25) is 5.91 Å².